The number of carbonyl (C=O) groups is 2. The lowest BCUT2D eigenvalue weighted by molar-refractivity contribution is -0.132. The number of hydrogen-bond donors (Lipinski definition) is 0. The molecule has 168 valence electrons. The van der Waals surface area contributed by atoms with Crippen molar-refractivity contribution in [3.8, 4) is 11.5 Å². The van der Waals surface area contributed by atoms with E-state index in [2.05, 4.69) is 9.97 Å². The van der Waals surface area contributed by atoms with E-state index in [-0.39, 0.29) is 34.1 Å². The van der Waals surface area contributed by atoms with E-state index >= 15 is 0 Å². The van der Waals surface area contributed by atoms with E-state index in [9.17, 15) is 19.2 Å². The molecule has 0 aliphatic rings. The number of benzene rings is 2. The van der Waals surface area contributed by atoms with Crippen LogP contribution < -0.4 is 20.7 Å². The van der Waals surface area contributed by atoms with Gasteiger partial charge in [-0.15, -0.1) is 0 Å². The quantitative estimate of drug-likeness (QED) is 0.329. The Morgan fingerprint density at radius 1 is 0.818 bits per heavy atom. The summed E-state index contributed by atoms with van der Waals surface area (Å²) in [4.78, 5) is 56.3. The molecule has 0 amide bonds. The standard InChI is InChI=1S/C23H18N2O8/c1-4-15(20-24-18-7-5-13(30-11(2)26)9-16(18)22(28)32-20)21-25-19-8-6-14(31-12(3)27)10-17(19)23(29)33-21/h5-10,15H,4H2,1-3H3. The zero-order valence-electron chi connectivity index (χ0n) is 17.9. The Morgan fingerprint density at radius 3 is 1.61 bits per heavy atom. The van der Waals surface area contributed by atoms with Crippen molar-refractivity contribution in [1.82, 2.24) is 9.97 Å². The molecule has 0 radical (unpaired) electrons. The minimum Gasteiger partial charge on any atom is -0.427 e. The van der Waals surface area contributed by atoms with Crippen LogP contribution in [-0.4, -0.2) is 21.9 Å². The molecule has 0 N–H and O–H groups in total. The second kappa shape index (κ2) is 8.65. The summed E-state index contributed by atoms with van der Waals surface area (Å²) in [5.41, 5.74) is -0.720. The fourth-order valence-corrected chi connectivity index (χ4v) is 3.35. The van der Waals surface area contributed by atoms with E-state index < -0.39 is 29.1 Å². The van der Waals surface area contributed by atoms with Crippen LogP contribution in [0.1, 0.15) is 44.9 Å². The van der Waals surface area contributed by atoms with Gasteiger partial charge in [-0.05, 0) is 42.8 Å². The van der Waals surface area contributed by atoms with Gasteiger partial charge in [-0.3, -0.25) is 9.59 Å². The van der Waals surface area contributed by atoms with Crippen LogP contribution in [0.15, 0.2) is 54.8 Å². The van der Waals surface area contributed by atoms with Gasteiger partial charge in [-0.2, -0.15) is 0 Å². The summed E-state index contributed by atoms with van der Waals surface area (Å²) in [5, 5.41) is 0.275. The fourth-order valence-electron chi connectivity index (χ4n) is 3.35. The third-order valence-electron chi connectivity index (χ3n) is 4.76. The third-order valence-corrected chi connectivity index (χ3v) is 4.76. The van der Waals surface area contributed by atoms with Crippen LogP contribution in [0.3, 0.4) is 0 Å². The van der Waals surface area contributed by atoms with E-state index in [1.165, 1.54) is 50.2 Å². The average Bonchev–Trinajstić information content (AvgIpc) is 2.74. The number of rotatable bonds is 5. The number of hydrogen-bond acceptors (Lipinski definition) is 10. The second-order valence-corrected chi connectivity index (χ2v) is 7.19. The molecule has 0 fully saturated rings. The van der Waals surface area contributed by atoms with Crippen molar-refractivity contribution in [2.75, 3.05) is 0 Å². The largest absolute Gasteiger partial charge is 0.427 e. The average molecular weight is 450 g/mol. The Morgan fingerprint density at radius 2 is 1.24 bits per heavy atom. The van der Waals surface area contributed by atoms with Crippen molar-refractivity contribution in [1.29, 1.82) is 0 Å². The Kier molecular flexibility index (Phi) is 5.74. The fraction of sp³-hybridized carbons (Fsp3) is 0.217. The van der Waals surface area contributed by atoms with Gasteiger partial charge >= 0.3 is 23.2 Å². The van der Waals surface area contributed by atoms with Crippen LogP contribution in [-0.2, 0) is 9.59 Å². The van der Waals surface area contributed by atoms with Crippen LogP contribution in [0.2, 0.25) is 0 Å². The molecule has 10 nitrogen and oxygen atoms in total. The van der Waals surface area contributed by atoms with Crippen LogP contribution in [0.25, 0.3) is 21.8 Å². The van der Waals surface area contributed by atoms with Gasteiger partial charge in [0.15, 0.2) is 0 Å². The first-order valence-corrected chi connectivity index (χ1v) is 10.0. The molecule has 2 aromatic carbocycles. The lowest BCUT2D eigenvalue weighted by Gasteiger charge is -2.12. The second-order valence-electron chi connectivity index (χ2n) is 7.19. The summed E-state index contributed by atoms with van der Waals surface area (Å²) >= 11 is 0. The molecule has 4 aromatic rings. The molecule has 2 aromatic heterocycles. The first-order valence-electron chi connectivity index (χ1n) is 10.0. The van der Waals surface area contributed by atoms with Crippen molar-refractivity contribution < 1.29 is 27.9 Å². The van der Waals surface area contributed by atoms with Crippen LogP contribution in [0, 0.1) is 0 Å². The van der Waals surface area contributed by atoms with E-state index in [0.29, 0.717) is 17.5 Å². The van der Waals surface area contributed by atoms with E-state index in [4.69, 9.17) is 18.3 Å². The smallest absolute Gasteiger partial charge is 0.346 e. The minimum absolute atomic E-state index is 0.0294. The zero-order valence-corrected chi connectivity index (χ0v) is 17.9. The van der Waals surface area contributed by atoms with Crippen molar-refractivity contribution in [2.24, 2.45) is 0 Å². The monoisotopic (exact) mass is 450 g/mol. The van der Waals surface area contributed by atoms with Gasteiger partial charge < -0.3 is 18.3 Å². The van der Waals surface area contributed by atoms with Crippen molar-refractivity contribution >= 4 is 33.7 Å². The first kappa shape index (κ1) is 21.9. The summed E-state index contributed by atoms with van der Waals surface area (Å²) in [6.07, 6.45) is 0.375. The number of esters is 2. The molecule has 2 heterocycles. The van der Waals surface area contributed by atoms with Gasteiger partial charge in [0.25, 0.3) is 0 Å². The Balaban J connectivity index is 1.77. The molecule has 33 heavy (non-hydrogen) atoms. The highest BCUT2D eigenvalue weighted by Crippen LogP contribution is 2.27. The molecular formula is C23H18N2O8. The van der Waals surface area contributed by atoms with Gasteiger partial charge in [-0.1, -0.05) is 6.92 Å². The van der Waals surface area contributed by atoms with Gasteiger partial charge in [0.05, 0.1) is 21.8 Å². The Hall–Kier alpha value is -4.34. The molecule has 0 spiro atoms. The lowest BCUT2D eigenvalue weighted by atomic mass is 10.1. The van der Waals surface area contributed by atoms with Crippen LogP contribution in [0.5, 0.6) is 11.5 Å². The zero-order chi connectivity index (χ0) is 23.7. The number of ether oxygens (including phenoxy) is 2. The lowest BCUT2D eigenvalue weighted by Crippen LogP contribution is -2.14. The van der Waals surface area contributed by atoms with E-state index in [1.807, 2.05) is 0 Å². The highest BCUT2D eigenvalue weighted by Gasteiger charge is 2.24. The van der Waals surface area contributed by atoms with Crippen molar-refractivity contribution in [3.05, 3.63) is 69.0 Å². The van der Waals surface area contributed by atoms with E-state index in [1.54, 1.807) is 6.92 Å². The maximum absolute atomic E-state index is 12.6. The van der Waals surface area contributed by atoms with Gasteiger partial charge in [-0.25, -0.2) is 19.6 Å². The minimum atomic E-state index is -0.708. The van der Waals surface area contributed by atoms with Crippen LogP contribution in [0.4, 0.5) is 0 Å². The topological polar surface area (TPSA) is 139 Å². The molecule has 0 saturated carbocycles. The summed E-state index contributed by atoms with van der Waals surface area (Å²) in [6.45, 7) is 4.30. The molecule has 4 rings (SSSR count). The summed E-state index contributed by atoms with van der Waals surface area (Å²) in [5.74, 6) is -1.30. The van der Waals surface area contributed by atoms with E-state index in [0.717, 1.165) is 0 Å². The number of aromatic nitrogens is 2. The summed E-state index contributed by atoms with van der Waals surface area (Å²) in [7, 11) is 0. The number of fused-ring (bicyclic) bond motifs is 2. The Labute approximate surface area is 185 Å². The highest BCUT2D eigenvalue weighted by atomic mass is 16.5. The van der Waals surface area contributed by atoms with Crippen molar-refractivity contribution in [3.63, 3.8) is 0 Å². The van der Waals surface area contributed by atoms with Gasteiger partial charge in [0.2, 0.25) is 11.8 Å². The normalized spacial score (nSPS) is 11.2. The summed E-state index contributed by atoms with van der Waals surface area (Å²) < 4.78 is 20.8. The highest BCUT2D eigenvalue weighted by molar-refractivity contribution is 5.81. The maximum atomic E-state index is 12.6. The molecule has 0 saturated heterocycles. The molecule has 0 aliphatic heterocycles. The molecule has 0 aliphatic carbocycles. The predicted octanol–water partition coefficient (Wildman–Crippen LogP) is 3.08. The molecular weight excluding hydrogens is 432 g/mol. The van der Waals surface area contributed by atoms with Crippen molar-refractivity contribution in [2.45, 2.75) is 33.1 Å². The summed E-state index contributed by atoms with van der Waals surface area (Å²) in [6, 6.07) is 8.82. The third kappa shape index (κ3) is 4.49. The maximum Gasteiger partial charge on any atom is 0.346 e. The molecule has 0 bridgehead atoms. The number of nitrogens with zero attached hydrogens (tertiary/aromatic N) is 2. The molecule has 0 atom stereocenters. The number of carbonyl (C=O) groups excluding carboxylic acids is 2. The van der Waals surface area contributed by atoms with Gasteiger partial charge in [0, 0.05) is 13.8 Å². The van der Waals surface area contributed by atoms with Crippen LogP contribution >= 0.6 is 0 Å². The SMILES string of the molecule is CCC(c1nc2ccc(OC(C)=O)cc2c(=O)o1)c1nc2ccc(OC(C)=O)cc2c(=O)o1. The Bertz CT molecular complexity index is 1410. The molecule has 0 unspecified atom stereocenters. The predicted molar refractivity (Wildman–Crippen MR) is 115 cm³/mol. The molecule has 10 heteroatoms. The van der Waals surface area contributed by atoms with Gasteiger partial charge in [0.1, 0.15) is 17.4 Å². The first-order chi connectivity index (χ1) is 15.7.